The summed E-state index contributed by atoms with van der Waals surface area (Å²) in [5, 5.41) is 3.48. The number of hydrogen-bond donors (Lipinski definition) is 1. The first kappa shape index (κ1) is 22.0. The summed E-state index contributed by atoms with van der Waals surface area (Å²) >= 11 is 0. The third-order valence-electron chi connectivity index (χ3n) is 6.58. The molecule has 31 heavy (non-hydrogen) atoms. The highest BCUT2D eigenvalue weighted by molar-refractivity contribution is 7.91. The molecule has 2 fully saturated rings. The van der Waals surface area contributed by atoms with Gasteiger partial charge < -0.3 is 4.90 Å². The molecule has 2 aromatic carbocycles. The van der Waals surface area contributed by atoms with E-state index in [0.29, 0.717) is 6.42 Å². The minimum absolute atomic E-state index is 0.0193. The van der Waals surface area contributed by atoms with E-state index in [4.69, 9.17) is 0 Å². The lowest BCUT2D eigenvalue weighted by atomic mass is 9.92. The molecule has 1 aliphatic carbocycles. The SMILES string of the molecule is O=C(CNC(c1ccccc1)c1ccccc1)N(C1CCCCC1)C1CCS(=O)(=O)C1. The first-order chi connectivity index (χ1) is 15.0. The van der Waals surface area contributed by atoms with E-state index in [-0.39, 0.29) is 42.1 Å². The first-order valence-corrected chi connectivity index (χ1v) is 13.2. The fourth-order valence-corrected chi connectivity index (χ4v) is 6.77. The van der Waals surface area contributed by atoms with Crippen LogP contribution in [-0.4, -0.2) is 49.4 Å². The number of carbonyl (C=O) groups is 1. The van der Waals surface area contributed by atoms with Crippen LogP contribution < -0.4 is 5.32 Å². The van der Waals surface area contributed by atoms with Gasteiger partial charge in [-0.3, -0.25) is 10.1 Å². The normalized spacial score (nSPS) is 21.3. The molecule has 4 rings (SSSR count). The zero-order valence-corrected chi connectivity index (χ0v) is 18.8. The minimum Gasteiger partial charge on any atom is -0.335 e. The molecule has 0 radical (unpaired) electrons. The summed E-state index contributed by atoms with van der Waals surface area (Å²) in [5.41, 5.74) is 2.21. The number of sulfone groups is 1. The Balaban J connectivity index is 1.52. The van der Waals surface area contributed by atoms with Crippen molar-refractivity contribution in [3.8, 4) is 0 Å². The van der Waals surface area contributed by atoms with E-state index < -0.39 is 9.84 Å². The molecule has 1 aliphatic heterocycles. The van der Waals surface area contributed by atoms with Crippen molar-refractivity contribution < 1.29 is 13.2 Å². The summed E-state index contributed by atoms with van der Waals surface area (Å²) in [6.45, 7) is 0.196. The number of nitrogens with zero attached hydrogens (tertiary/aromatic N) is 1. The zero-order chi connectivity index (χ0) is 21.7. The van der Waals surface area contributed by atoms with Crippen LogP contribution in [0.1, 0.15) is 55.7 Å². The quantitative estimate of drug-likeness (QED) is 0.713. The van der Waals surface area contributed by atoms with Crippen LogP contribution in [0.25, 0.3) is 0 Å². The molecule has 1 saturated carbocycles. The van der Waals surface area contributed by atoms with Crippen LogP contribution in [-0.2, 0) is 14.6 Å². The van der Waals surface area contributed by atoms with Gasteiger partial charge in [-0.15, -0.1) is 0 Å². The van der Waals surface area contributed by atoms with Crippen molar-refractivity contribution in [1.29, 1.82) is 0 Å². The number of rotatable bonds is 7. The molecule has 2 aromatic rings. The van der Waals surface area contributed by atoms with Crippen molar-refractivity contribution in [3.63, 3.8) is 0 Å². The van der Waals surface area contributed by atoms with Gasteiger partial charge >= 0.3 is 0 Å². The van der Waals surface area contributed by atoms with E-state index in [1.165, 1.54) is 6.42 Å². The van der Waals surface area contributed by atoms with E-state index in [9.17, 15) is 13.2 Å². The van der Waals surface area contributed by atoms with Gasteiger partial charge in [0.15, 0.2) is 9.84 Å². The Kier molecular flexibility index (Phi) is 7.08. The molecule has 5 nitrogen and oxygen atoms in total. The minimum atomic E-state index is -3.04. The number of hydrogen-bond acceptors (Lipinski definition) is 4. The lowest BCUT2D eigenvalue weighted by molar-refractivity contribution is -0.135. The summed E-state index contributed by atoms with van der Waals surface area (Å²) in [4.78, 5) is 15.4. The topological polar surface area (TPSA) is 66.5 Å². The molecule has 0 aromatic heterocycles. The average Bonchev–Trinajstić information content (AvgIpc) is 3.15. The third-order valence-corrected chi connectivity index (χ3v) is 8.33. The number of carbonyl (C=O) groups excluding carboxylic acids is 1. The van der Waals surface area contributed by atoms with Gasteiger partial charge in [0, 0.05) is 12.1 Å². The van der Waals surface area contributed by atoms with Crippen molar-refractivity contribution in [3.05, 3.63) is 71.8 Å². The highest BCUT2D eigenvalue weighted by Crippen LogP contribution is 2.29. The maximum atomic E-state index is 13.5. The van der Waals surface area contributed by atoms with Gasteiger partial charge in [-0.2, -0.15) is 0 Å². The molecule has 1 amide bonds. The van der Waals surface area contributed by atoms with Crippen molar-refractivity contribution in [2.75, 3.05) is 18.1 Å². The molecule has 0 spiro atoms. The van der Waals surface area contributed by atoms with Crippen molar-refractivity contribution in [2.24, 2.45) is 0 Å². The highest BCUT2D eigenvalue weighted by atomic mass is 32.2. The summed E-state index contributed by atoms with van der Waals surface area (Å²) in [6.07, 6.45) is 5.93. The molecule has 2 aliphatic rings. The Morgan fingerprint density at radius 3 is 1.97 bits per heavy atom. The Labute approximate surface area is 185 Å². The maximum absolute atomic E-state index is 13.5. The lowest BCUT2D eigenvalue weighted by Gasteiger charge is -2.38. The summed E-state index contributed by atoms with van der Waals surface area (Å²) in [7, 11) is -3.04. The summed E-state index contributed by atoms with van der Waals surface area (Å²) < 4.78 is 24.3. The average molecular weight is 441 g/mol. The van der Waals surface area contributed by atoms with Gasteiger partial charge in [-0.05, 0) is 30.4 Å². The molecule has 1 N–H and O–H groups in total. The predicted octanol–water partition coefficient (Wildman–Crippen LogP) is 3.71. The Morgan fingerprint density at radius 1 is 0.871 bits per heavy atom. The zero-order valence-electron chi connectivity index (χ0n) is 17.9. The second-order valence-corrected chi connectivity index (χ2v) is 11.0. The fourth-order valence-electron chi connectivity index (χ4n) is 5.06. The van der Waals surface area contributed by atoms with Gasteiger partial charge in [0.1, 0.15) is 0 Å². The monoisotopic (exact) mass is 440 g/mol. The number of amides is 1. The second kappa shape index (κ2) is 9.96. The molecule has 1 heterocycles. The Bertz CT molecular complexity index is 917. The van der Waals surface area contributed by atoms with E-state index >= 15 is 0 Å². The molecule has 1 saturated heterocycles. The van der Waals surface area contributed by atoms with Gasteiger partial charge in [-0.1, -0.05) is 79.9 Å². The van der Waals surface area contributed by atoms with E-state index in [2.05, 4.69) is 29.6 Å². The van der Waals surface area contributed by atoms with E-state index in [0.717, 1.165) is 36.8 Å². The summed E-state index contributed by atoms with van der Waals surface area (Å²) in [5.74, 6) is 0.319. The molecule has 166 valence electrons. The van der Waals surface area contributed by atoms with E-state index in [1.54, 1.807) is 0 Å². The van der Waals surface area contributed by atoms with E-state index in [1.807, 2.05) is 41.3 Å². The van der Waals surface area contributed by atoms with Crippen LogP contribution in [0.4, 0.5) is 0 Å². The molecular formula is C25H32N2O3S. The highest BCUT2D eigenvalue weighted by Gasteiger charge is 2.38. The third kappa shape index (κ3) is 5.55. The Morgan fingerprint density at radius 2 is 1.45 bits per heavy atom. The number of nitrogens with one attached hydrogen (secondary N) is 1. The molecule has 0 bridgehead atoms. The molecule has 1 atom stereocenters. The first-order valence-electron chi connectivity index (χ1n) is 11.4. The largest absolute Gasteiger partial charge is 0.335 e. The van der Waals surface area contributed by atoms with Crippen molar-refractivity contribution >= 4 is 15.7 Å². The van der Waals surface area contributed by atoms with Gasteiger partial charge in [0.2, 0.25) is 5.91 Å². The molecular weight excluding hydrogens is 408 g/mol. The molecule has 1 unspecified atom stereocenters. The van der Waals surface area contributed by atoms with Crippen LogP contribution in [0.5, 0.6) is 0 Å². The van der Waals surface area contributed by atoms with Crippen LogP contribution in [0.3, 0.4) is 0 Å². The fraction of sp³-hybridized carbons (Fsp3) is 0.480. The lowest BCUT2D eigenvalue weighted by Crippen LogP contribution is -2.51. The molecule has 6 heteroatoms. The predicted molar refractivity (Wildman–Crippen MR) is 124 cm³/mol. The van der Waals surface area contributed by atoms with Crippen LogP contribution in [0, 0.1) is 0 Å². The maximum Gasteiger partial charge on any atom is 0.237 e. The van der Waals surface area contributed by atoms with Crippen molar-refractivity contribution in [1.82, 2.24) is 10.2 Å². The summed E-state index contributed by atoms with van der Waals surface area (Å²) in [6, 6.07) is 20.2. The van der Waals surface area contributed by atoms with Gasteiger partial charge in [-0.25, -0.2) is 8.42 Å². The van der Waals surface area contributed by atoms with Crippen molar-refractivity contribution in [2.45, 2.75) is 56.7 Å². The van der Waals surface area contributed by atoms with Gasteiger partial charge in [0.25, 0.3) is 0 Å². The smallest absolute Gasteiger partial charge is 0.237 e. The number of benzene rings is 2. The second-order valence-electron chi connectivity index (χ2n) is 8.78. The van der Waals surface area contributed by atoms with Gasteiger partial charge in [0.05, 0.1) is 24.1 Å². The van der Waals surface area contributed by atoms with Crippen LogP contribution in [0.15, 0.2) is 60.7 Å². The Hall–Kier alpha value is -2.18. The standard InChI is InChI=1S/C25H32N2O3S/c28-24(27(22-14-8-3-9-15-22)23-16-17-31(29,30)19-23)18-26-25(20-10-4-1-5-11-20)21-12-6-2-7-13-21/h1-2,4-7,10-13,22-23,25-26H,3,8-9,14-19H2. The van der Waals surface area contributed by atoms with Crippen LogP contribution in [0.2, 0.25) is 0 Å². The van der Waals surface area contributed by atoms with Crippen LogP contribution >= 0.6 is 0 Å².